The van der Waals surface area contributed by atoms with Crippen LogP contribution in [0.25, 0.3) is 6.08 Å². The van der Waals surface area contributed by atoms with Gasteiger partial charge in [0.05, 0.1) is 30.7 Å². The number of anilines is 1. The van der Waals surface area contributed by atoms with Crippen molar-refractivity contribution in [3.8, 4) is 5.75 Å². The Hall–Kier alpha value is -2.75. The van der Waals surface area contributed by atoms with Gasteiger partial charge in [0.2, 0.25) is 5.91 Å². The number of ether oxygens (including phenoxy) is 1. The van der Waals surface area contributed by atoms with Crippen LogP contribution in [0.1, 0.15) is 11.1 Å². The van der Waals surface area contributed by atoms with Crippen molar-refractivity contribution in [2.24, 2.45) is 0 Å². The van der Waals surface area contributed by atoms with Crippen LogP contribution in [0.4, 0.5) is 14.9 Å². The predicted octanol–water partition coefficient (Wildman–Crippen LogP) is 7.69. The second-order valence-electron chi connectivity index (χ2n) is 7.65. The Morgan fingerprint density at radius 1 is 0.973 bits per heavy atom. The predicted molar refractivity (Wildman–Crippen MR) is 145 cm³/mol. The Labute approximate surface area is 235 Å². The zero-order chi connectivity index (χ0) is 26.7. The van der Waals surface area contributed by atoms with Crippen molar-refractivity contribution in [2.45, 2.75) is 6.61 Å². The van der Waals surface area contributed by atoms with E-state index in [2.05, 4.69) is 5.32 Å². The SMILES string of the molecule is O=C(CN1C(=O)S/C(=C\c2cc(Cl)c(OCc3ccc(Cl)c(Cl)c3)c(Cl)c2)C1=O)Nc1ccccc1F. The monoisotopic (exact) mass is 598 g/mol. The lowest BCUT2D eigenvalue weighted by Gasteiger charge is -2.13. The first-order chi connectivity index (χ1) is 17.6. The van der Waals surface area contributed by atoms with E-state index in [1.54, 1.807) is 24.3 Å². The molecular weight excluding hydrogens is 585 g/mol. The molecule has 37 heavy (non-hydrogen) atoms. The Balaban J connectivity index is 1.44. The molecule has 12 heteroatoms. The molecule has 0 aliphatic carbocycles. The molecule has 1 heterocycles. The van der Waals surface area contributed by atoms with Crippen LogP contribution < -0.4 is 10.1 Å². The van der Waals surface area contributed by atoms with E-state index in [0.717, 1.165) is 10.5 Å². The molecule has 0 atom stereocenters. The second-order valence-corrected chi connectivity index (χ2v) is 10.3. The number of imide groups is 1. The number of nitrogens with zero attached hydrogens (tertiary/aromatic N) is 1. The van der Waals surface area contributed by atoms with Gasteiger partial charge in [-0.05, 0) is 65.4 Å². The van der Waals surface area contributed by atoms with E-state index in [1.807, 2.05) is 0 Å². The first-order valence-electron chi connectivity index (χ1n) is 10.5. The van der Waals surface area contributed by atoms with Gasteiger partial charge >= 0.3 is 0 Å². The number of rotatable bonds is 7. The summed E-state index contributed by atoms with van der Waals surface area (Å²) in [6.07, 6.45) is 1.43. The number of halogens is 5. The van der Waals surface area contributed by atoms with E-state index in [4.69, 9.17) is 51.1 Å². The molecule has 0 spiro atoms. The van der Waals surface area contributed by atoms with Gasteiger partial charge in [0.25, 0.3) is 11.1 Å². The van der Waals surface area contributed by atoms with Crippen molar-refractivity contribution in [3.63, 3.8) is 0 Å². The lowest BCUT2D eigenvalue weighted by atomic mass is 10.2. The number of nitrogens with one attached hydrogen (secondary N) is 1. The van der Waals surface area contributed by atoms with Gasteiger partial charge in [0, 0.05) is 0 Å². The highest BCUT2D eigenvalue weighted by atomic mass is 35.5. The fraction of sp³-hybridized carbons (Fsp3) is 0.0800. The van der Waals surface area contributed by atoms with Crippen molar-refractivity contribution >= 4 is 87.0 Å². The largest absolute Gasteiger partial charge is 0.486 e. The summed E-state index contributed by atoms with van der Waals surface area (Å²) in [5.74, 6) is -1.80. The topological polar surface area (TPSA) is 75.7 Å². The molecule has 0 radical (unpaired) electrons. The lowest BCUT2D eigenvalue weighted by molar-refractivity contribution is -0.127. The lowest BCUT2D eigenvalue weighted by Crippen LogP contribution is -2.36. The summed E-state index contributed by atoms with van der Waals surface area (Å²) in [5, 5.41) is 2.87. The van der Waals surface area contributed by atoms with E-state index in [1.165, 1.54) is 36.4 Å². The Bertz CT molecular complexity index is 1430. The van der Waals surface area contributed by atoms with Crippen LogP contribution in [-0.2, 0) is 16.2 Å². The van der Waals surface area contributed by atoms with Crippen LogP contribution in [-0.4, -0.2) is 28.5 Å². The highest BCUT2D eigenvalue weighted by Gasteiger charge is 2.36. The molecule has 0 unspecified atom stereocenters. The molecular formula is C25H15Cl4FN2O4S. The minimum atomic E-state index is -0.719. The normalized spacial score (nSPS) is 14.4. The first-order valence-corrected chi connectivity index (χ1v) is 12.8. The van der Waals surface area contributed by atoms with Crippen LogP contribution >= 0.6 is 58.2 Å². The molecule has 4 rings (SSSR count). The fourth-order valence-electron chi connectivity index (χ4n) is 3.27. The van der Waals surface area contributed by atoms with E-state index in [-0.39, 0.29) is 33.0 Å². The molecule has 1 fully saturated rings. The standard InChI is InChI=1S/C25H15Cl4FN2O4S/c26-15-6-5-13(7-16(15)27)12-36-23-17(28)8-14(9-18(23)29)10-21-24(34)32(25(35)37-21)11-22(33)31-20-4-2-1-3-19(20)30/h1-10H,11-12H2,(H,31,33)/b21-10-. The van der Waals surface area contributed by atoms with E-state index >= 15 is 0 Å². The first kappa shape index (κ1) is 27.3. The van der Waals surface area contributed by atoms with Crippen molar-refractivity contribution in [1.29, 1.82) is 0 Å². The van der Waals surface area contributed by atoms with Gasteiger partial charge in [0.15, 0.2) is 5.75 Å². The van der Waals surface area contributed by atoms with Gasteiger partial charge in [-0.15, -0.1) is 0 Å². The minimum absolute atomic E-state index is 0.0548. The van der Waals surface area contributed by atoms with Gasteiger partial charge in [-0.2, -0.15) is 0 Å². The Morgan fingerprint density at radius 2 is 1.68 bits per heavy atom. The van der Waals surface area contributed by atoms with E-state index < -0.39 is 29.4 Å². The second kappa shape index (κ2) is 11.8. The van der Waals surface area contributed by atoms with Gasteiger partial charge < -0.3 is 10.1 Å². The van der Waals surface area contributed by atoms with Crippen molar-refractivity contribution < 1.29 is 23.5 Å². The van der Waals surface area contributed by atoms with Gasteiger partial charge in [-0.1, -0.05) is 64.6 Å². The van der Waals surface area contributed by atoms with Crippen LogP contribution in [0.2, 0.25) is 20.1 Å². The van der Waals surface area contributed by atoms with Gasteiger partial charge in [-0.25, -0.2) is 4.39 Å². The quantitative estimate of drug-likeness (QED) is 0.282. The molecule has 190 valence electrons. The third-order valence-electron chi connectivity index (χ3n) is 5.01. The molecule has 1 N–H and O–H groups in total. The van der Waals surface area contributed by atoms with E-state index in [9.17, 15) is 18.8 Å². The molecule has 1 aliphatic heterocycles. The smallest absolute Gasteiger partial charge is 0.294 e. The zero-order valence-electron chi connectivity index (χ0n) is 18.6. The number of amides is 3. The third kappa shape index (κ3) is 6.58. The average molecular weight is 600 g/mol. The molecule has 0 saturated carbocycles. The Kier molecular flexibility index (Phi) is 8.67. The number of carbonyl (C=O) groups is 3. The molecule has 0 aromatic heterocycles. The number of thioether (sulfide) groups is 1. The van der Waals surface area contributed by atoms with Crippen molar-refractivity contribution in [1.82, 2.24) is 4.90 Å². The number of hydrogen-bond acceptors (Lipinski definition) is 5. The highest BCUT2D eigenvalue weighted by molar-refractivity contribution is 8.18. The number of para-hydroxylation sites is 1. The van der Waals surface area contributed by atoms with Gasteiger partial charge in [0.1, 0.15) is 19.0 Å². The number of hydrogen-bond donors (Lipinski definition) is 1. The summed E-state index contributed by atoms with van der Waals surface area (Å²) in [5.41, 5.74) is 1.14. The molecule has 1 aliphatic rings. The van der Waals surface area contributed by atoms with Crippen LogP contribution in [0, 0.1) is 5.82 Å². The summed E-state index contributed by atoms with van der Waals surface area (Å²) in [4.78, 5) is 38.3. The number of carbonyl (C=O) groups excluding carboxylic acids is 3. The summed E-state index contributed by atoms with van der Waals surface area (Å²) in [6.45, 7) is -0.442. The third-order valence-corrected chi connectivity index (χ3v) is 7.22. The van der Waals surface area contributed by atoms with Crippen molar-refractivity contribution in [2.75, 3.05) is 11.9 Å². The van der Waals surface area contributed by atoms with Crippen LogP contribution in [0.5, 0.6) is 5.75 Å². The van der Waals surface area contributed by atoms with E-state index in [0.29, 0.717) is 27.4 Å². The van der Waals surface area contributed by atoms with Gasteiger partial charge in [-0.3, -0.25) is 19.3 Å². The molecule has 1 saturated heterocycles. The summed E-state index contributed by atoms with van der Waals surface area (Å²) >= 11 is 25.3. The molecule has 3 amide bonds. The maximum Gasteiger partial charge on any atom is 0.294 e. The highest BCUT2D eigenvalue weighted by Crippen LogP contribution is 2.38. The van der Waals surface area contributed by atoms with Crippen LogP contribution in [0.15, 0.2) is 59.5 Å². The number of benzene rings is 3. The zero-order valence-corrected chi connectivity index (χ0v) is 22.4. The summed E-state index contributed by atoms with van der Waals surface area (Å²) < 4.78 is 19.5. The summed E-state index contributed by atoms with van der Waals surface area (Å²) in [6, 6.07) is 13.7. The van der Waals surface area contributed by atoms with Crippen LogP contribution in [0.3, 0.4) is 0 Å². The molecule has 6 nitrogen and oxygen atoms in total. The molecule has 3 aromatic carbocycles. The average Bonchev–Trinajstić information content (AvgIpc) is 3.09. The van der Waals surface area contributed by atoms with Crippen molar-refractivity contribution in [3.05, 3.63) is 96.5 Å². The summed E-state index contributed by atoms with van der Waals surface area (Å²) in [7, 11) is 0. The maximum atomic E-state index is 13.8. The molecule has 3 aromatic rings. The maximum absolute atomic E-state index is 13.8. The molecule has 0 bridgehead atoms. The minimum Gasteiger partial charge on any atom is -0.486 e. The Morgan fingerprint density at radius 3 is 2.35 bits per heavy atom. The fourth-order valence-corrected chi connectivity index (χ4v) is 5.04.